The van der Waals surface area contributed by atoms with Gasteiger partial charge in [-0.3, -0.25) is 9.78 Å². The fourth-order valence-electron chi connectivity index (χ4n) is 1.47. The number of carboxylic acids is 2. The Balaban J connectivity index is 0.000000503. The highest BCUT2D eigenvalue weighted by atomic mass is 19.4. The summed E-state index contributed by atoms with van der Waals surface area (Å²) >= 11 is 0. The van der Waals surface area contributed by atoms with Crippen molar-refractivity contribution in [3.8, 4) is 0 Å². The lowest BCUT2D eigenvalue weighted by Gasteiger charge is -2.05. The Morgan fingerprint density at radius 3 is 1.97 bits per heavy atom. The zero-order chi connectivity index (χ0) is 23.7. The second-order valence-electron chi connectivity index (χ2n) is 5.37. The van der Waals surface area contributed by atoms with E-state index in [2.05, 4.69) is 15.3 Å². The summed E-state index contributed by atoms with van der Waals surface area (Å²) in [7, 11) is 0. The molecule has 168 valence electrons. The van der Waals surface area contributed by atoms with Crippen molar-refractivity contribution in [1.29, 1.82) is 0 Å². The number of hydrogen-bond donors (Lipinski definition) is 5. The first kappa shape index (κ1) is 26.6. The number of alkyl halides is 6. The lowest BCUT2D eigenvalue weighted by molar-refractivity contribution is -0.193. The second kappa shape index (κ2) is 11.0. The van der Waals surface area contributed by atoms with Gasteiger partial charge in [-0.15, -0.1) is 0 Å². The third-order valence-electron chi connectivity index (χ3n) is 2.83. The van der Waals surface area contributed by atoms with Crippen LogP contribution in [0.2, 0.25) is 0 Å². The standard InChI is InChI=1S/C11H14N4O.2C2HF3O2/c1-7(12)11(16)14-6-9-4-8-5-13-3-2-10(8)15-9;2*3-2(4,5)1(6)7/h2-5,7,15H,6,12H2,1H3,(H,14,16);2*(H,6,7)/t7-;;/m0../s1. The minimum absolute atomic E-state index is 0.156. The highest BCUT2D eigenvalue weighted by Gasteiger charge is 2.38. The Morgan fingerprint density at radius 1 is 1.13 bits per heavy atom. The number of carbonyl (C=O) groups is 3. The van der Waals surface area contributed by atoms with Gasteiger partial charge in [0.15, 0.2) is 0 Å². The van der Waals surface area contributed by atoms with Crippen molar-refractivity contribution in [3.05, 3.63) is 30.2 Å². The van der Waals surface area contributed by atoms with Gasteiger partial charge in [0.25, 0.3) is 0 Å². The molecule has 15 heteroatoms. The molecular formula is C15H16F6N4O5. The average molecular weight is 446 g/mol. The largest absolute Gasteiger partial charge is 0.490 e. The molecule has 0 saturated carbocycles. The zero-order valence-electron chi connectivity index (χ0n) is 15.0. The van der Waals surface area contributed by atoms with Gasteiger partial charge < -0.3 is 26.2 Å². The summed E-state index contributed by atoms with van der Waals surface area (Å²) in [6.07, 6.45) is -6.66. The van der Waals surface area contributed by atoms with Crippen molar-refractivity contribution < 1.29 is 50.9 Å². The quantitative estimate of drug-likeness (QED) is 0.450. The van der Waals surface area contributed by atoms with Crippen LogP contribution < -0.4 is 11.1 Å². The lowest BCUT2D eigenvalue weighted by Crippen LogP contribution is -2.37. The molecule has 2 rings (SSSR count). The number of halogens is 6. The molecule has 0 bridgehead atoms. The van der Waals surface area contributed by atoms with E-state index in [-0.39, 0.29) is 5.91 Å². The molecule has 0 spiro atoms. The number of carbonyl (C=O) groups excluding carboxylic acids is 1. The fraction of sp³-hybridized carbons (Fsp3) is 0.333. The van der Waals surface area contributed by atoms with Gasteiger partial charge >= 0.3 is 24.3 Å². The van der Waals surface area contributed by atoms with Crippen molar-refractivity contribution in [2.45, 2.75) is 31.9 Å². The first-order valence-corrected chi connectivity index (χ1v) is 7.60. The normalized spacial score (nSPS) is 12.0. The maximum atomic E-state index is 11.3. The molecule has 0 fully saturated rings. The van der Waals surface area contributed by atoms with E-state index in [4.69, 9.17) is 25.5 Å². The predicted octanol–water partition coefficient (Wildman–Crippen LogP) is 1.79. The van der Waals surface area contributed by atoms with E-state index in [1.165, 1.54) is 0 Å². The average Bonchev–Trinajstić information content (AvgIpc) is 3.01. The van der Waals surface area contributed by atoms with Crippen molar-refractivity contribution in [1.82, 2.24) is 15.3 Å². The molecule has 0 aliphatic rings. The van der Waals surface area contributed by atoms with Crippen molar-refractivity contribution in [2.75, 3.05) is 0 Å². The number of fused-ring (bicyclic) bond motifs is 1. The number of carboxylic acid groups (broad SMARTS) is 2. The number of hydrogen-bond acceptors (Lipinski definition) is 5. The Morgan fingerprint density at radius 2 is 1.60 bits per heavy atom. The van der Waals surface area contributed by atoms with E-state index >= 15 is 0 Å². The van der Waals surface area contributed by atoms with Crippen LogP contribution >= 0.6 is 0 Å². The van der Waals surface area contributed by atoms with E-state index in [0.717, 1.165) is 16.6 Å². The van der Waals surface area contributed by atoms with Gasteiger partial charge in [0.2, 0.25) is 5.91 Å². The molecule has 0 radical (unpaired) electrons. The Bertz CT molecular complexity index is 806. The van der Waals surface area contributed by atoms with Gasteiger partial charge in [-0.05, 0) is 19.1 Å². The summed E-state index contributed by atoms with van der Waals surface area (Å²) in [6, 6.07) is 3.38. The summed E-state index contributed by atoms with van der Waals surface area (Å²) in [5.74, 6) is -5.67. The molecule has 0 aliphatic carbocycles. The van der Waals surface area contributed by atoms with E-state index < -0.39 is 30.3 Å². The maximum absolute atomic E-state index is 11.3. The molecule has 1 atom stereocenters. The first-order valence-electron chi connectivity index (χ1n) is 7.60. The summed E-state index contributed by atoms with van der Waals surface area (Å²) < 4.78 is 63.5. The van der Waals surface area contributed by atoms with Crippen LogP contribution in [0.15, 0.2) is 24.5 Å². The third-order valence-corrected chi connectivity index (χ3v) is 2.83. The molecule has 0 aromatic carbocycles. The highest BCUT2D eigenvalue weighted by molar-refractivity contribution is 5.82. The van der Waals surface area contributed by atoms with Crippen LogP contribution in [0.4, 0.5) is 26.3 Å². The number of aromatic nitrogens is 2. The number of rotatable bonds is 3. The van der Waals surface area contributed by atoms with Gasteiger partial charge in [0.1, 0.15) is 0 Å². The van der Waals surface area contributed by atoms with Crippen LogP contribution in [-0.2, 0) is 20.9 Å². The number of pyridine rings is 1. The minimum atomic E-state index is -5.08. The molecule has 9 nitrogen and oxygen atoms in total. The summed E-state index contributed by atoms with van der Waals surface area (Å²) in [5.41, 5.74) is 7.40. The van der Waals surface area contributed by atoms with E-state index in [9.17, 15) is 31.1 Å². The van der Waals surface area contributed by atoms with Gasteiger partial charge in [-0.2, -0.15) is 26.3 Å². The zero-order valence-corrected chi connectivity index (χ0v) is 15.0. The number of nitrogens with zero attached hydrogens (tertiary/aromatic N) is 1. The lowest BCUT2D eigenvalue weighted by atomic mass is 10.3. The van der Waals surface area contributed by atoms with E-state index in [1.54, 1.807) is 19.3 Å². The van der Waals surface area contributed by atoms with Crippen LogP contribution in [0.5, 0.6) is 0 Å². The summed E-state index contributed by atoms with van der Waals surface area (Å²) in [6.45, 7) is 2.11. The van der Waals surface area contributed by atoms with Crippen LogP contribution in [0, 0.1) is 0 Å². The van der Waals surface area contributed by atoms with Gasteiger partial charge in [0.05, 0.1) is 12.6 Å². The van der Waals surface area contributed by atoms with Gasteiger partial charge in [-0.1, -0.05) is 0 Å². The summed E-state index contributed by atoms with van der Waals surface area (Å²) in [5, 5.41) is 18.0. The molecule has 0 unspecified atom stereocenters. The topological polar surface area (TPSA) is 158 Å². The SMILES string of the molecule is C[C@H](N)C(=O)NCc1cc2cnccc2[nH]1.O=C(O)C(F)(F)F.O=C(O)C(F)(F)F. The Kier molecular flexibility index (Phi) is 9.76. The Hall–Kier alpha value is -3.36. The third kappa shape index (κ3) is 10.3. The minimum Gasteiger partial charge on any atom is -0.475 e. The van der Waals surface area contributed by atoms with Crippen molar-refractivity contribution in [3.63, 3.8) is 0 Å². The molecule has 2 aromatic heterocycles. The maximum Gasteiger partial charge on any atom is 0.490 e. The first-order chi connectivity index (χ1) is 13.6. The number of H-pyrrole nitrogens is 1. The molecule has 1 amide bonds. The monoisotopic (exact) mass is 446 g/mol. The van der Waals surface area contributed by atoms with Crippen LogP contribution in [0.3, 0.4) is 0 Å². The van der Waals surface area contributed by atoms with Crippen molar-refractivity contribution >= 4 is 28.7 Å². The van der Waals surface area contributed by atoms with Crippen LogP contribution in [0.1, 0.15) is 12.6 Å². The second-order valence-corrected chi connectivity index (χ2v) is 5.37. The number of nitrogens with one attached hydrogen (secondary N) is 2. The number of nitrogens with two attached hydrogens (primary N) is 1. The fourth-order valence-corrected chi connectivity index (χ4v) is 1.47. The van der Waals surface area contributed by atoms with Crippen LogP contribution in [0.25, 0.3) is 10.9 Å². The molecule has 6 N–H and O–H groups in total. The molecule has 2 heterocycles. The number of aromatic amines is 1. The predicted molar refractivity (Wildman–Crippen MR) is 89.0 cm³/mol. The van der Waals surface area contributed by atoms with E-state index in [1.807, 2.05) is 12.1 Å². The molecular weight excluding hydrogens is 430 g/mol. The van der Waals surface area contributed by atoms with Crippen molar-refractivity contribution in [2.24, 2.45) is 5.73 Å². The van der Waals surface area contributed by atoms with E-state index in [0.29, 0.717) is 6.54 Å². The van der Waals surface area contributed by atoms with Crippen LogP contribution in [-0.4, -0.2) is 56.4 Å². The number of amides is 1. The molecule has 0 aliphatic heterocycles. The highest BCUT2D eigenvalue weighted by Crippen LogP contribution is 2.14. The van der Waals surface area contributed by atoms with Gasteiger partial charge in [-0.25, -0.2) is 9.59 Å². The summed E-state index contributed by atoms with van der Waals surface area (Å²) in [4.78, 5) is 36.3. The Labute approximate surface area is 163 Å². The molecule has 2 aromatic rings. The number of aliphatic carboxylic acids is 2. The smallest absolute Gasteiger partial charge is 0.475 e. The molecule has 30 heavy (non-hydrogen) atoms. The molecule has 0 saturated heterocycles. The van der Waals surface area contributed by atoms with Gasteiger partial charge in [0, 0.05) is 29.0 Å².